The van der Waals surface area contributed by atoms with Gasteiger partial charge in [-0.3, -0.25) is 4.79 Å². The van der Waals surface area contributed by atoms with Crippen LogP contribution in [-0.4, -0.2) is 20.2 Å². The summed E-state index contributed by atoms with van der Waals surface area (Å²) in [5, 5.41) is 0. The standard InChI is InChI=1S/C23H20Br2O4/c1-27-21-13-17(18(24)14-22(21)28-2)9-11-23(26)29-20-10-8-16(12-19(20)25)15-6-4-3-5-7-15/h3-8,10,12-14H,9,11H2,1-2H3. The second-order valence-corrected chi connectivity index (χ2v) is 7.99. The lowest BCUT2D eigenvalue weighted by Crippen LogP contribution is -2.09. The third-order valence-corrected chi connectivity index (χ3v) is 5.77. The molecule has 0 aliphatic rings. The lowest BCUT2D eigenvalue weighted by Gasteiger charge is -2.12. The van der Waals surface area contributed by atoms with Crippen LogP contribution in [-0.2, 0) is 11.2 Å². The number of carbonyl (C=O) groups excluding carboxylic acids is 1. The molecule has 0 saturated carbocycles. The van der Waals surface area contributed by atoms with E-state index in [0.29, 0.717) is 23.7 Å². The maximum Gasteiger partial charge on any atom is 0.311 e. The number of hydrogen-bond donors (Lipinski definition) is 0. The zero-order valence-electron chi connectivity index (χ0n) is 16.1. The lowest BCUT2D eigenvalue weighted by molar-refractivity contribution is -0.134. The third-order valence-electron chi connectivity index (χ3n) is 4.41. The highest BCUT2D eigenvalue weighted by molar-refractivity contribution is 9.10. The molecule has 0 amide bonds. The third kappa shape index (κ3) is 5.40. The Hall–Kier alpha value is -2.31. The molecule has 0 unspecified atom stereocenters. The summed E-state index contributed by atoms with van der Waals surface area (Å²) in [5.74, 6) is 1.45. The summed E-state index contributed by atoms with van der Waals surface area (Å²) in [6, 6.07) is 19.4. The summed E-state index contributed by atoms with van der Waals surface area (Å²) < 4.78 is 17.7. The number of hydrogen-bond acceptors (Lipinski definition) is 4. The van der Waals surface area contributed by atoms with Crippen LogP contribution in [0.5, 0.6) is 17.2 Å². The second-order valence-electron chi connectivity index (χ2n) is 6.28. The molecule has 0 radical (unpaired) electrons. The number of methoxy groups -OCH3 is 2. The van der Waals surface area contributed by atoms with E-state index < -0.39 is 0 Å². The fourth-order valence-electron chi connectivity index (χ4n) is 2.89. The van der Waals surface area contributed by atoms with Gasteiger partial charge in [0.25, 0.3) is 0 Å². The van der Waals surface area contributed by atoms with Crippen molar-refractivity contribution in [3.63, 3.8) is 0 Å². The van der Waals surface area contributed by atoms with Crippen molar-refractivity contribution in [3.8, 4) is 28.4 Å². The predicted octanol–water partition coefficient (Wildman–Crippen LogP) is 6.43. The first-order valence-electron chi connectivity index (χ1n) is 8.98. The Morgan fingerprint density at radius 2 is 1.48 bits per heavy atom. The van der Waals surface area contributed by atoms with E-state index in [2.05, 4.69) is 31.9 Å². The molecule has 3 aromatic carbocycles. The molecular weight excluding hydrogens is 500 g/mol. The zero-order chi connectivity index (χ0) is 20.8. The minimum atomic E-state index is -0.306. The number of ether oxygens (including phenoxy) is 3. The van der Waals surface area contributed by atoms with Crippen LogP contribution in [0.3, 0.4) is 0 Å². The van der Waals surface area contributed by atoms with Crippen LogP contribution in [0.25, 0.3) is 11.1 Å². The molecule has 3 aromatic rings. The molecule has 0 saturated heterocycles. The average molecular weight is 520 g/mol. The van der Waals surface area contributed by atoms with E-state index in [0.717, 1.165) is 25.6 Å². The Morgan fingerprint density at radius 1 is 0.793 bits per heavy atom. The quantitative estimate of drug-likeness (QED) is 0.266. The topological polar surface area (TPSA) is 44.8 Å². The number of benzene rings is 3. The summed E-state index contributed by atoms with van der Waals surface area (Å²) in [7, 11) is 3.17. The van der Waals surface area contributed by atoms with Crippen molar-refractivity contribution in [2.45, 2.75) is 12.8 Å². The van der Waals surface area contributed by atoms with Gasteiger partial charge in [-0.05, 0) is 63.3 Å². The maximum absolute atomic E-state index is 12.4. The number of esters is 1. The van der Waals surface area contributed by atoms with Gasteiger partial charge in [-0.15, -0.1) is 0 Å². The molecule has 0 heterocycles. The highest BCUT2D eigenvalue weighted by atomic mass is 79.9. The van der Waals surface area contributed by atoms with E-state index in [1.165, 1.54) is 0 Å². The van der Waals surface area contributed by atoms with Crippen molar-refractivity contribution < 1.29 is 19.0 Å². The van der Waals surface area contributed by atoms with Gasteiger partial charge in [-0.25, -0.2) is 0 Å². The Morgan fingerprint density at radius 3 is 2.14 bits per heavy atom. The minimum absolute atomic E-state index is 0.237. The molecule has 0 bridgehead atoms. The summed E-state index contributed by atoms with van der Waals surface area (Å²) in [4.78, 5) is 12.4. The van der Waals surface area contributed by atoms with Crippen molar-refractivity contribution in [3.05, 3.63) is 75.2 Å². The first-order chi connectivity index (χ1) is 14.0. The Balaban J connectivity index is 1.66. The largest absolute Gasteiger partial charge is 0.493 e. The Bertz CT molecular complexity index is 1000. The maximum atomic E-state index is 12.4. The van der Waals surface area contributed by atoms with E-state index in [4.69, 9.17) is 14.2 Å². The van der Waals surface area contributed by atoms with Gasteiger partial charge < -0.3 is 14.2 Å². The van der Waals surface area contributed by atoms with Crippen molar-refractivity contribution in [2.75, 3.05) is 14.2 Å². The highest BCUT2D eigenvalue weighted by Gasteiger charge is 2.13. The van der Waals surface area contributed by atoms with Crippen LogP contribution in [0.1, 0.15) is 12.0 Å². The Kier molecular flexibility index (Phi) is 7.34. The van der Waals surface area contributed by atoms with Gasteiger partial charge in [0.15, 0.2) is 11.5 Å². The van der Waals surface area contributed by atoms with Crippen molar-refractivity contribution >= 4 is 37.8 Å². The number of halogens is 2. The van der Waals surface area contributed by atoms with E-state index in [9.17, 15) is 4.79 Å². The molecule has 150 valence electrons. The fraction of sp³-hybridized carbons (Fsp3) is 0.174. The monoisotopic (exact) mass is 518 g/mol. The molecule has 4 nitrogen and oxygen atoms in total. The van der Waals surface area contributed by atoms with Crippen molar-refractivity contribution in [1.29, 1.82) is 0 Å². The van der Waals surface area contributed by atoms with Gasteiger partial charge in [0, 0.05) is 4.47 Å². The summed E-state index contributed by atoms with van der Waals surface area (Å²) in [6.07, 6.45) is 0.750. The van der Waals surface area contributed by atoms with E-state index in [1.54, 1.807) is 20.3 Å². The molecule has 3 rings (SSSR count). The molecule has 0 aromatic heterocycles. The van der Waals surface area contributed by atoms with Gasteiger partial charge in [-0.1, -0.05) is 52.3 Å². The van der Waals surface area contributed by atoms with Crippen LogP contribution in [0.15, 0.2) is 69.6 Å². The molecular formula is C23H20Br2O4. The number of aryl methyl sites for hydroxylation is 1. The van der Waals surface area contributed by atoms with Crippen LogP contribution >= 0.6 is 31.9 Å². The molecule has 0 N–H and O–H groups in total. The second kappa shape index (κ2) is 9.94. The minimum Gasteiger partial charge on any atom is -0.493 e. The molecule has 0 fully saturated rings. The van der Waals surface area contributed by atoms with Crippen LogP contribution in [0.2, 0.25) is 0 Å². The van der Waals surface area contributed by atoms with Crippen LogP contribution in [0, 0.1) is 0 Å². The predicted molar refractivity (Wildman–Crippen MR) is 121 cm³/mol. The van der Waals surface area contributed by atoms with E-state index in [-0.39, 0.29) is 12.4 Å². The average Bonchev–Trinajstić information content (AvgIpc) is 2.74. The van der Waals surface area contributed by atoms with Crippen molar-refractivity contribution in [1.82, 2.24) is 0 Å². The SMILES string of the molecule is COc1cc(Br)c(CCC(=O)Oc2ccc(-c3ccccc3)cc2Br)cc1OC. The van der Waals surface area contributed by atoms with Gasteiger partial charge >= 0.3 is 5.97 Å². The number of rotatable bonds is 7. The summed E-state index contributed by atoms with van der Waals surface area (Å²) >= 11 is 7.02. The fourth-order valence-corrected chi connectivity index (χ4v) is 3.87. The first-order valence-corrected chi connectivity index (χ1v) is 10.6. The normalized spacial score (nSPS) is 10.5. The smallest absolute Gasteiger partial charge is 0.311 e. The van der Waals surface area contributed by atoms with Crippen molar-refractivity contribution in [2.24, 2.45) is 0 Å². The lowest BCUT2D eigenvalue weighted by atomic mass is 10.1. The van der Waals surface area contributed by atoms with E-state index in [1.807, 2.05) is 54.6 Å². The van der Waals surface area contributed by atoms with Crippen LogP contribution < -0.4 is 14.2 Å². The van der Waals surface area contributed by atoms with Gasteiger partial charge in [-0.2, -0.15) is 0 Å². The summed E-state index contributed by atoms with van der Waals surface area (Å²) in [6.45, 7) is 0. The molecule has 6 heteroatoms. The first kappa shape index (κ1) is 21.4. The van der Waals surface area contributed by atoms with Gasteiger partial charge in [0.2, 0.25) is 0 Å². The molecule has 0 aliphatic carbocycles. The zero-order valence-corrected chi connectivity index (χ0v) is 19.2. The number of carbonyl (C=O) groups is 1. The van der Waals surface area contributed by atoms with Gasteiger partial charge in [0.1, 0.15) is 5.75 Å². The highest BCUT2D eigenvalue weighted by Crippen LogP contribution is 2.34. The van der Waals surface area contributed by atoms with Gasteiger partial charge in [0.05, 0.1) is 25.1 Å². The molecule has 0 spiro atoms. The summed E-state index contributed by atoms with van der Waals surface area (Å²) in [5.41, 5.74) is 3.09. The van der Waals surface area contributed by atoms with E-state index >= 15 is 0 Å². The van der Waals surface area contributed by atoms with Crippen LogP contribution in [0.4, 0.5) is 0 Å². The molecule has 0 aliphatic heterocycles. The Labute approximate surface area is 187 Å². The molecule has 29 heavy (non-hydrogen) atoms. The molecule has 0 atom stereocenters.